The summed E-state index contributed by atoms with van der Waals surface area (Å²) in [6.07, 6.45) is 6.27. The summed E-state index contributed by atoms with van der Waals surface area (Å²) in [5.74, 6) is -0.139. The minimum absolute atomic E-state index is 0.0635. The first-order valence-corrected chi connectivity index (χ1v) is 7.62. The number of ketones is 1. The van der Waals surface area contributed by atoms with Crippen LogP contribution < -0.4 is 5.32 Å². The number of nitrogens with zero attached hydrogens (tertiary/aromatic N) is 2. The number of hydrogen-bond acceptors (Lipinski definition) is 4. The van der Waals surface area contributed by atoms with Crippen molar-refractivity contribution in [3.8, 4) is 0 Å². The van der Waals surface area contributed by atoms with E-state index >= 15 is 0 Å². The minimum atomic E-state index is -0.582. The zero-order valence-corrected chi connectivity index (χ0v) is 12.2. The normalized spacial score (nSPS) is 30.6. The van der Waals surface area contributed by atoms with Crippen molar-refractivity contribution in [2.45, 2.75) is 38.8 Å². The Labute approximate surface area is 123 Å². The number of hydrogen-bond donors (Lipinski definition) is 2. The summed E-state index contributed by atoms with van der Waals surface area (Å²) in [7, 11) is 0. The fourth-order valence-electron chi connectivity index (χ4n) is 3.90. The molecule has 2 fully saturated rings. The van der Waals surface area contributed by atoms with Gasteiger partial charge in [-0.1, -0.05) is 0 Å². The Morgan fingerprint density at radius 3 is 2.86 bits per heavy atom. The molecule has 4 unspecified atom stereocenters. The van der Waals surface area contributed by atoms with Crippen molar-refractivity contribution in [3.05, 3.63) is 18.0 Å². The van der Waals surface area contributed by atoms with Crippen LogP contribution in [0, 0.1) is 17.8 Å². The molecule has 0 spiro atoms. The standard InChI is InChI=1S/C15H21N3O3/c1-2-18-7-11(6-16-18)14(20)15(21)17-13-10-4-3-9(5-10)12(13)8-19/h6-7,9-10,12-13,19H,2-5,8H2,1H3,(H,17,21). The van der Waals surface area contributed by atoms with Crippen LogP contribution in [0.15, 0.2) is 12.4 Å². The van der Waals surface area contributed by atoms with Gasteiger partial charge in [0.1, 0.15) is 0 Å². The number of carbonyl (C=O) groups is 2. The van der Waals surface area contributed by atoms with Gasteiger partial charge in [-0.25, -0.2) is 0 Å². The highest BCUT2D eigenvalue weighted by Crippen LogP contribution is 2.48. The van der Waals surface area contributed by atoms with Gasteiger partial charge in [0.15, 0.2) is 0 Å². The predicted octanol–water partition coefficient (Wildman–Crippen LogP) is 0.609. The van der Waals surface area contributed by atoms with E-state index in [4.69, 9.17) is 0 Å². The number of carbonyl (C=O) groups excluding carboxylic acids is 2. The molecule has 0 radical (unpaired) electrons. The lowest BCUT2D eigenvalue weighted by molar-refractivity contribution is -0.118. The molecular weight excluding hydrogens is 270 g/mol. The Bertz CT molecular complexity index is 554. The van der Waals surface area contributed by atoms with E-state index in [-0.39, 0.29) is 18.6 Å². The Hall–Kier alpha value is -1.69. The van der Waals surface area contributed by atoms with Crippen LogP contribution in [-0.4, -0.2) is 39.2 Å². The van der Waals surface area contributed by atoms with Gasteiger partial charge in [-0.15, -0.1) is 0 Å². The number of aliphatic hydroxyl groups excluding tert-OH is 1. The highest BCUT2D eigenvalue weighted by atomic mass is 16.3. The van der Waals surface area contributed by atoms with Gasteiger partial charge in [-0.3, -0.25) is 14.3 Å². The lowest BCUT2D eigenvalue weighted by atomic mass is 9.85. The van der Waals surface area contributed by atoms with Crippen LogP contribution in [0.2, 0.25) is 0 Å². The van der Waals surface area contributed by atoms with Crippen molar-refractivity contribution in [1.82, 2.24) is 15.1 Å². The first-order chi connectivity index (χ1) is 10.1. The van der Waals surface area contributed by atoms with E-state index < -0.39 is 11.7 Å². The molecule has 2 aliphatic carbocycles. The van der Waals surface area contributed by atoms with Crippen LogP contribution in [0.4, 0.5) is 0 Å². The fraction of sp³-hybridized carbons (Fsp3) is 0.667. The number of rotatable bonds is 5. The molecule has 6 heteroatoms. The van der Waals surface area contributed by atoms with E-state index in [2.05, 4.69) is 10.4 Å². The Kier molecular flexibility index (Phi) is 3.80. The Balaban J connectivity index is 1.67. The number of nitrogens with one attached hydrogen (secondary N) is 1. The van der Waals surface area contributed by atoms with Crippen LogP contribution in [0.1, 0.15) is 36.5 Å². The minimum Gasteiger partial charge on any atom is -0.396 e. The quantitative estimate of drug-likeness (QED) is 0.615. The van der Waals surface area contributed by atoms with E-state index in [1.807, 2.05) is 6.92 Å². The predicted molar refractivity (Wildman–Crippen MR) is 75.6 cm³/mol. The van der Waals surface area contributed by atoms with E-state index in [0.717, 1.165) is 19.3 Å². The molecule has 2 saturated carbocycles. The van der Waals surface area contributed by atoms with Crippen molar-refractivity contribution in [2.75, 3.05) is 6.61 Å². The molecule has 1 aromatic rings. The highest BCUT2D eigenvalue weighted by Gasteiger charge is 2.48. The molecule has 3 rings (SSSR count). The summed E-state index contributed by atoms with van der Waals surface area (Å²) in [5, 5.41) is 16.4. The first-order valence-electron chi connectivity index (χ1n) is 7.62. The fourth-order valence-corrected chi connectivity index (χ4v) is 3.90. The summed E-state index contributed by atoms with van der Waals surface area (Å²) in [6.45, 7) is 2.66. The molecule has 0 aromatic carbocycles. The Morgan fingerprint density at radius 1 is 1.43 bits per heavy atom. The second-order valence-corrected chi connectivity index (χ2v) is 6.09. The molecule has 0 aliphatic heterocycles. The van der Waals surface area contributed by atoms with E-state index in [9.17, 15) is 14.7 Å². The molecule has 2 N–H and O–H groups in total. The molecule has 1 amide bonds. The number of amides is 1. The maximum Gasteiger partial charge on any atom is 0.292 e. The molecule has 2 bridgehead atoms. The zero-order valence-electron chi connectivity index (χ0n) is 12.2. The molecule has 1 aromatic heterocycles. The summed E-state index contributed by atoms with van der Waals surface area (Å²) in [5.41, 5.74) is 0.318. The van der Waals surface area contributed by atoms with Gasteiger partial charge in [0.05, 0.1) is 11.8 Å². The smallest absolute Gasteiger partial charge is 0.292 e. The van der Waals surface area contributed by atoms with Crippen molar-refractivity contribution >= 4 is 11.7 Å². The Morgan fingerprint density at radius 2 is 2.19 bits per heavy atom. The van der Waals surface area contributed by atoms with E-state index in [0.29, 0.717) is 23.9 Å². The molecule has 2 aliphatic rings. The van der Waals surface area contributed by atoms with Crippen LogP contribution in [0.25, 0.3) is 0 Å². The van der Waals surface area contributed by atoms with E-state index in [1.165, 1.54) is 6.20 Å². The van der Waals surface area contributed by atoms with Crippen LogP contribution in [0.5, 0.6) is 0 Å². The third kappa shape index (κ3) is 2.48. The van der Waals surface area contributed by atoms with Gasteiger partial charge in [0.25, 0.3) is 11.7 Å². The average Bonchev–Trinajstić information content (AvgIpc) is 3.21. The maximum absolute atomic E-state index is 12.2. The number of aryl methyl sites for hydroxylation is 1. The van der Waals surface area contributed by atoms with Crippen molar-refractivity contribution < 1.29 is 14.7 Å². The molecule has 1 heterocycles. The van der Waals surface area contributed by atoms with Gasteiger partial charge < -0.3 is 10.4 Å². The summed E-state index contributed by atoms with van der Waals surface area (Å²) < 4.78 is 1.62. The highest BCUT2D eigenvalue weighted by molar-refractivity contribution is 6.42. The van der Waals surface area contributed by atoms with Crippen molar-refractivity contribution in [2.24, 2.45) is 17.8 Å². The van der Waals surface area contributed by atoms with Gasteiger partial charge in [0.2, 0.25) is 0 Å². The molecular formula is C15H21N3O3. The molecule has 0 saturated heterocycles. The van der Waals surface area contributed by atoms with Crippen molar-refractivity contribution in [3.63, 3.8) is 0 Å². The van der Waals surface area contributed by atoms with Crippen molar-refractivity contribution in [1.29, 1.82) is 0 Å². The summed E-state index contributed by atoms with van der Waals surface area (Å²) in [4.78, 5) is 24.3. The lowest BCUT2D eigenvalue weighted by Crippen LogP contribution is -2.47. The van der Waals surface area contributed by atoms with Crippen LogP contribution >= 0.6 is 0 Å². The SMILES string of the molecule is CCn1cc(C(=O)C(=O)NC2C3CCC(C3)C2CO)cn1. The lowest BCUT2D eigenvalue weighted by Gasteiger charge is -2.30. The largest absolute Gasteiger partial charge is 0.396 e. The monoisotopic (exact) mass is 291 g/mol. The topological polar surface area (TPSA) is 84.2 Å². The maximum atomic E-state index is 12.2. The molecule has 21 heavy (non-hydrogen) atoms. The second kappa shape index (κ2) is 5.60. The molecule has 114 valence electrons. The zero-order chi connectivity index (χ0) is 15.0. The third-order valence-corrected chi connectivity index (χ3v) is 5.02. The molecule has 4 atom stereocenters. The second-order valence-electron chi connectivity index (χ2n) is 6.09. The van der Waals surface area contributed by atoms with Crippen LogP contribution in [0.3, 0.4) is 0 Å². The van der Waals surface area contributed by atoms with Gasteiger partial charge in [-0.05, 0) is 38.0 Å². The molecule has 6 nitrogen and oxygen atoms in total. The van der Waals surface area contributed by atoms with Gasteiger partial charge in [0, 0.05) is 31.3 Å². The number of aliphatic hydroxyl groups is 1. The van der Waals surface area contributed by atoms with Gasteiger partial charge in [-0.2, -0.15) is 5.10 Å². The summed E-state index contributed by atoms with van der Waals surface area (Å²) >= 11 is 0. The van der Waals surface area contributed by atoms with Gasteiger partial charge >= 0.3 is 0 Å². The third-order valence-electron chi connectivity index (χ3n) is 5.02. The number of aromatic nitrogens is 2. The number of fused-ring (bicyclic) bond motifs is 2. The average molecular weight is 291 g/mol. The number of Topliss-reactive ketones (excluding diaryl/α,β-unsaturated/α-hetero) is 1. The van der Waals surface area contributed by atoms with E-state index in [1.54, 1.807) is 10.9 Å². The van der Waals surface area contributed by atoms with Crippen LogP contribution in [-0.2, 0) is 11.3 Å². The first kappa shape index (κ1) is 14.3. The summed E-state index contributed by atoms with van der Waals surface area (Å²) in [6, 6.07) is -0.0635.